The molecule has 1 saturated carbocycles. The number of amides is 1. The topological polar surface area (TPSA) is 50.2 Å². The summed E-state index contributed by atoms with van der Waals surface area (Å²) in [5, 5.41) is 7.08. The van der Waals surface area contributed by atoms with Crippen molar-refractivity contribution in [3.63, 3.8) is 0 Å². The van der Waals surface area contributed by atoms with Crippen LogP contribution in [0.25, 0.3) is 0 Å². The maximum absolute atomic E-state index is 13.1. The minimum Gasteiger partial charge on any atom is -0.311 e. The van der Waals surface area contributed by atoms with Crippen molar-refractivity contribution in [2.75, 3.05) is 25.5 Å². The molecule has 1 saturated heterocycles. The molecule has 2 heterocycles. The van der Waals surface area contributed by atoms with E-state index in [0.29, 0.717) is 11.7 Å². The van der Waals surface area contributed by atoms with Crippen molar-refractivity contribution >= 4 is 11.7 Å². The third kappa shape index (κ3) is 3.43. The largest absolute Gasteiger partial charge is 0.393 e. The predicted octanol–water partition coefficient (Wildman–Crippen LogP) is 2.76. The smallest absolute Gasteiger partial charge is 0.311 e. The molecular formula is C16H23F3N4O. The van der Waals surface area contributed by atoms with Gasteiger partial charge in [0.25, 0.3) is 0 Å². The van der Waals surface area contributed by atoms with E-state index >= 15 is 0 Å². The highest BCUT2D eigenvalue weighted by atomic mass is 19.4. The number of rotatable bonds is 3. The zero-order valence-electron chi connectivity index (χ0n) is 13.9. The van der Waals surface area contributed by atoms with Crippen LogP contribution in [0.1, 0.15) is 37.3 Å². The molecule has 2 atom stereocenters. The summed E-state index contributed by atoms with van der Waals surface area (Å²) in [6.07, 6.45) is 0.130. The molecule has 5 nitrogen and oxygen atoms in total. The SMILES string of the molecule is CN1C[C@@H](C(F)(F)F)[C@H](C(=O)Nc2cc(C3CCCC3)nn2C)C1. The summed E-state index contributed by atoms with van der Waals surface area (Å²) in [5.41, 5.74) is 0.918. The molecule has 1 aromatic heterocycles. The van der Waals surface area contributed by atoms with Crippen molar-refractivity contribution < 1.29 is 18.0 Å². The van der Waals surface area contributed by atoms with Crippen molar-refractivity contribution in [2.24, 2.45) is 18.9 Å². The highest BCUT2D eigenvalue weighted by Gasteiger charge is 2.51. The zero-order valence-corrected chi connectivity index (χ0v) is 13.9. The Morgan fingerprint density at radius 2 is 1.92 bits per heavy atom. The first-order chi connectivity index (χ1) is 11.3. The first-order valence-electron chi connectivity index (χ1n) is 8.35. The van der Waals surface area contributed by atoms with Crippen LogP contribution in [0.5, 0.6) is 0 Å². The predicted molar refractivity (Wildman–Crippen MR) is 83.6 cm³/mol. The molecule has 1 aliphatic carbocycles. The quantitative estimate of drug-likeness (QED) is 0.917. The number of aromatic nitrogens is 2. The van der Waals surface area contributed by atoms with Crippen LogP contribution in [0.4, 0.5) is 19.0 Å². The number of nitrogens with zero attached hydrogens (tertiary/aromatic N) is 3. The highest BCUT2D eigenvalue weighted by Crippen LogP contribution is 2.38. The third-order valence-corrected chi connectivity index (χ3v) is 5.18. The van der Waals surface area contributed by atoms with Crippen LogP contribution in [-0.2, 0) is 11.8 Å². The zero-order chi connectivity index (χ0) is 17.5. The van der Waals surface area contributed by atoms with Gasteiger partial charge in [-0.1, -0.05) is 12.8 Å². The fraction of sp³-hybridized carbons (Fsp3) is 0.750. The van der Waals surface area contributed by atoms with Gasteiger partial charge in [-0.2, -0.15) is 18.3 Å². The fourth-order valence-corrected chi connectivity index (χ4v) is 3.84. The van der Waals surface area contributed by atoms with E-state index in [0.717, 1.165) is 18.5 Å². The van der Waals surface area contributed by atoms with E-state index in [9.17, 15) is 18.0 Å². The number of halogens is 3. The lowest BCUT2D eigenvalue weighted by Gasteiger charge is -2.20. The van der Waals surface area contributed by atoms with Gasteiger partial charge in [-0.05, 0) is 19.9 Å². The van der Waals surface area contributed by atoms with Gasteiger partial charge in [-0.25, -0.2) is 0 Å². The Morgan fingerprint density at radius 3 is 2.54 bits per heavy atom. The summed E-state index contributed by atoms with van der Waals surface area (Å²) in [6.45, 7) is -0.0242. The molecule has 0 aromatic carbocycles. The lowest BCUT2D eigenvalue weighted by molar-refractivity contribution is -0.182. The molecule has 8 heteroatoms. The number of carbonyl (C=O) groups excluding carboxylic acids is 1. The number of carbonyl (C=O) groups is 1. The maximum Gasteiger partial charge on any atom is 0.393 e. The van der Waals surface area contributed by atoms with Gasteiger partial charge >= 0.3 is 6.18 Å². The minimum atomic E-state index is -4.37. The highest BCUT2D eigenvalue weighted by molar-refractivity contribution is 5.92. The van der Waals surface area contributed by atoms with E-state index in [2.05, 4.69) is 10.4 Å². The standard InChI is InChI=1S/C16H23F3N4O/c1-22-8-11(12(9-22)16(17,18)19)15(24)20-14-7-13(21-23(14)2)10-5-3-4-6-10/h7,10-12H,3-6,8-9H2,1-2H3,(H,20,24)/t11-,12-/m1/s1. The number of likely N-dealkylation sites (tertiary alicyclic amines) is 1. The molecular weight excluding hydrogens is 321 g/mol. The summed E-state index contributed by atoms with van der Waals surface area (Å²) in [6, 6.07) is 1.80. The molecule has 24 heavy (non-hydrogen) atoms. The molecule has 1 aromatic rings. The Labute approximate surface area is 139 Å². The van der Waals surface area contributed by atoms with Crippen LogP contribution in [-0.4, -0.2) is 46.9 Å². The Bertz CT molecular complexity index is 607. The third-order valence-electron chi connectivity index (χ3n) is 5.18. The minimum absolute atomic E-state index is 0.114. The van der Waals surface area contributed by atoms with Gasteiger partial charge in [0.2, 0.25) is 5.91 Å². The monoisotopic (exact) mass is 344 g/mol. The second kappa shape index (κ2) is 6.38. The van der Waals surface area contributed by atoms with Crippen LogP contribution in [0.2, 0.25) is 0 Å². The van der Waals surface area contributed by atoms with Gasteiger partial charge in [0, 0.05) is 32.1 Å². The first kappa shape index (κ1) is 17.3. The van der Waals surface area contributed by atoms with Crippen LogP contribution in [0.15, 0.2) is 6.07 Å². The van der Waals surface area contributed by atoms with Gasteiger partial charge in [-0.15, -0.1) is 0 Å². The Kier molecular flexibility index (Phi) is 4.59. The van der Waals surface area contributed by atoms with Crippen molar-refractivity contribution in [1.82, 2.24) is 14.7 Å². The number of hydrogen-bond donors (Lipinski definition) is 1. The summed E-state index contributed by atoms with van der Waals surface area (Å²) in [4.78, 5) is 14.0. The van der Waals surface area contributed by atoms with E-state index < -0.39 is 23.9 Å². The molecule has 0 radical (unpaired) electrons. The average molecular weight is 344 g/mol. The lowest BCUT2D eigenvalue weighted by atomic mass is 9.94. The molecule has 0 unspecified atom stereocenters. The normalized spacial score (nSPS) is 26.2. The fourth-order valence-electron chi connectivity index (χ4n) is 3.84. The van der Waals surface area contributed by atoms with Crippen molar-refractivity contribution in [3.8, 4) is 0 Å². The molecule has 2 aliphatic rings. The number of hydrogen-bond acceptors (Lipinski definition) is 3. The Balaban J connectivity index is 1.72. The van der Waals surface area contributed by atoms with E-state index in [4.69, 9.17) is 0 Å². The van der Waals surface area contributed by atoms with Crippen LogP contribution < -0.4 is 5.32 Å². The summed E-state index contributed by atoms with van der Waals surface area (Å²) in [5.74, 6) is -2.42. The van der Waals surface area contributed by atoms with E-state index in [-0.39, 0.29) is 13.1 Å². The van der Waals surface area contributed by atoms with Gasteiger partial charge < -0.3 is 10.2 Å². The van der Waals surface area contributed by atoms with Gasteiger partial charge in [0.05, 0.1) is 17.5 Å². The second-order valence-corrected chi connectivity index (χ2v) is 7.02. The van der Waals surface area contributed by atoms with E-state index in [1.165, 1.54) is 12.8 Å². The number of anilines is 1. The second-order valence-electron chi connectivity index (χ2n) is 7.02. The average Bonchev–Trinajstić information content (AvgIpc) is 3.18. The number of nitrogens with one attached hydrogen (secondary N) is 1. The maximum atomic E-state index is 13.1. The Morgan fingerprint density at radius 1 is 1.25 bits per heavy atom. The number of alkyl halides is 3. The van der Waals surface area contributed by atoms with Gasteiger partial charge in [-0.3, -0.25) is 9.48 Å². The summed E-state index contributed by atoms with van der Waals surface area (Å²) >= 11 is 0. The summed E-state index contributed by atoms with van der Waals surface area (Å²) < 4.78 is 41.0. The van der Waals surface area contributed by atoms with Crippen LogP contribution in [0.3, 0.4) is 0 Å². The van der Waals surface area contributed by atoms with E-state index in [1.54, 1.807) is 29.7 Å². The summed E-state index contributed by atoms with van der Waals surface area (Å²) in [7, 11) is 3.31. The van der Waals surface area contributed by atoms with Gasteiger partial charge in [0.15, 0.2) is 0 Å². The van der Waals surface area contributed by atoms with Crippen molar-refractivity contribution in [2.45, 2.75) is 37.8 Å². The van der Waals surface area contributed by atoms with Gasteiger partial charge in [0.1, 0.15) is 5.82 Å². The molecule has 2 fully saturated rings. The Hall–Kier alpha value is -1.57. The van der Waals surface area contributed by atoms with E-state index in [1.807, 2.05) is 0 Å². The molecule has 1 N–H and O–H groups in total. The first-order valence-corrected chi connectivity index (χ1v) is 8.35. The van der Waals surface area contributed by atoms with Crippen LogP contribution >= 0.6 is 0 Å². The number of aryl methyl sites for hydroxylation is 1. The van der Waals surface area contributed by atoms with Crippen molar-refractivity contribution in [1.29, 1.82) is 0 Å². The molecule has 1 aliphatic heterocycles. The molecule has 0 spiro atoms. The molecule has 0 bridgehead atoms. The van der Waals surface area contributed by atoms with Crippen LogP contribution in [0, 0.1) is 11.8 Å². The van der Waals surface area contributed by atoms with Crippen molar-refractivity contribution in [3.05, 3.63) is 11.8 Å². The lowest BCUT2D eigenvalue weighted by Crippen LogP contribution is -2.37. The molecule has 134 valence electrons. The molecule has 1 amide bonds. The molecule has 3 rings (SSSR count).